The van der Waals surface area contributed by atoms with Crippen molar-refractivity contribution in [1.82, 2.24) is 4.90 Å². The number of rotatable bonds is 6. The van der Waals surface area contributed by atoms with E-state index in [2.05, 4.69) is 53.5 Å². The Kier molecular flexibility index (Phi) is 5.82. The van der Waals surface area contributed by atoms with E-state index in [1.807, 2.05) is 12.1 Å². The van der Waals surface area contributed by atoms with Gasteiger partial charge in [0.2, 0.25) is 0 Å². The van der Waals surface area contributed by atoms with Crippen LogP contribution in [-0.4, -0.2) is 38.3 Å². The predicted octanol–water partition coefficient (Wildman–Crippen LogP) is 4.34. The van der Waals surface area contributed by atoms with Crippen molar-refractivity contribution >= 4 is 5.69 Å². The highest BCUT2D eigenvalue weighted by atomic mass is 16.5. The third-order valence-corrected chi connectivity index (χ3v) is 5.11. The predicted molar refractivity (Wildman–Crippen MR) is 103 cm³/mol. The average molecular weight is 340 g/mol. The third-order valence-electron chi connectivity index (χ3n) is 5.11. The Balaban J connectivity index is 1.56. The molecule has 2 aromatic carbocycles. The highest BCUT2D eigenvalue weighted by Crippen LogP contribution is 2.31. The first-order valence-electron chi connectivity index (χ1n) is 8.99. The van der Waals surface area contributed by atoms with Gasteiger partial charge < -0.3 is 14.8 Å². The molecule has 3 rings (SSSR count). The van der Waals surface area contributed by atoms with Gasteiger partial charge in [-0.25, -0.2) is 0 Å². The Labute approximate surface area is 150 Å². The second-order valence-electron chi connectivity index (χ2n) is 6.61. The lowest BCUT2D eigenvalue weighted by molar-refractivity contribution is 0.167. The van der Waals surface area contributed by atoms with Crippen LogP contribution in [0.3, 0.4) is 0 Å². The highest BCUT2D eigenvalue weighted by Gasteiger charge is 2.23. The number of methoxy groups -OCH3 is 2. The largest absolute Gasteiger partial charge is 0.493 e. The Morgan fingerprint density at radius 3 is 2.28 bits per heavy atom. The molecule has 1 atom stereocenters. The van der Waals surface area contributed by atoms with Gasteiger partial charge in [-0.3, -0.25) is 4.90 Å². The average Bonchev–Trinajstić information content (AvgIpc) is 2.68. The molecular weight excluding hydrogens is 312 g/mol. The van der Waals surface area contributed by atoms with Crippen molar-refractivity contribution in [3.63, 3.8) is 0 Å². The van der Waals surface area contributed by atoms with E-state index in [0.717, 1.165) is 43.1 Å². The van der Waals surface area contributed by atoms with E-state index in [1.165, 1.54) is 5.56 Å². The van der Waals surface area contributed by atoms with Crippen molar-refractivity contribution in [2.45, 2.75) is 31.8 Å². The lowest BCUT2D eigenvalue weighted by atomic mass is 10.00. The van der Waals surface area contributed by atoms with E-state index in [9.17, 15) is 0 Å². The molecule has 1 heterocycles. The van der Waals surface area contributed by atoms with Gasteiger partial charge in [-0.1, -0.05) is 30.3 Å². The molecule has 0 bridgehead atoms. The van der Waals surface area contributed by atoms with Crippen LogP contribution >= 0.6 is 0 Å². The highest BCUT2D eigenvalue weighted by molar-refractivity contribution is 5.55. The molecule has 0 aliphatic carbocycles. The van der Waals surface area contributed by atoms with Gasteiger partial charge in [0, 0.05) is 36.9 Å². The van der Waals surface area contributed by atoms with Crippen molar-refractivity contribution in [3.05, 3.63) is 54.1 Å². The van der Waals surface area contributed by atoms with Crippen LogP contribution in [0.15, 0.2) is 48.5 Å². The monoisotopic (exact) mass is 340 g/mol. The topological polar surface area (TPSA) is 33.7 Å². The molecule has 0 saturated carbocycles. The molecule has 0 radical (unpaired) electrons. The molecule has 1 saturated heterocycles. The van der Waals surface area contributed by atoms with E-state index in [-0.39, 0.29) is 0 Å². The zero-order valence-corrected chi connectivity index (χ0v) is 15.4. The van der Waals surface area contributed by atoms with Crippen molar-refractivity contribution in [2.75, 3.05) is 32.6 Å². The molecule has 25 heavy (non-hydrogen) atoms. The van der Waals surface area contributed by atoms with E-state index in [0.29, 0.717) is 12.1 Å². The maximum Gasteiger partial charge on any atom is 0.162 e. The number of benzene rings is 2. The molecule has 0 amide bonds. The number of likely N-dealkylation sites (tertiary alicyclic amines) is 1. The molecule has 4 nitrogen and oxygen atoms in total. The maximum absolute atomic E-state index is 5.39. The van der Waals surface area contributed by atoms with Gasteiger partial charge in [0.1, 0.15) is 0 Å². The summed E-state index contributed by atoms with van der Waals surface area (Å²) in [6.07, 6.45) is 2.29. The number of piperidine rings is 1. The molecule has 1 aliphatic heterocycles. The van der Waals surface area contributed by atoms with E-state index >= 15 is 0 Å². The molecule has 1 fully saturated rings. The zero-order chi connectivity index (χ0) is 17.6. The van der Waals surface area contributed by atoms with E-state index in [1.54, 1.807) is 14.2 Å². The summed E-state index contributed by atoms with van der Waals surface area (Å²) in [5.74, 6) is 1.53. The summed E-state index contributed by atoms with van der Waals surface area (Å²) in [5.41, 5.74) is 2.49. The standard InChI is InChI=1S/C21H28N2O2/c1-16(17-7-5-4-6-8-17)23-13-11-18(12-14-23)22-19-9-10-20(24-2)21(15-19)25-3/h4-10,15-16,18,22H,11-14H2,1-3H3. The fourth-order valence-electron chi connectivity index (χ4n) is 3.54. The molecular formula is C21H28N2O2. The Bertz CT molecular complexity index is 667. The number of ether oxygens (including phenoxy) is 2. The SMILES string of the molecule is COc1ccc(NC2CCN(C(C)c3ccccc3)CC2)cc1OC. The first-order chi connectivity index (χ1) is 12.2. The quantitative estimate of drug-likeness (QED) is 0.848. The summed E-state index contributed by atoms with van der Waals surface area (Å²) in [6.45, 7) is 4.53. The molecule has 2 aromatic rings. The summed E-state index contributed by atoms with van der Waals surface area (Å²) < 4.78 is 10.7. The smallest absolute Gasteiger partial charge is 0.162 e. The van der Waals surface area contributed by atoms with Crippen molar-refractivity contribution in [1.29, 1.82) is 0 Å². The van der Waals surface area contributed by atoms with Crippen molar-refractivity contribution in [3.8, 4) is 11.5 Å². The molecule has 4 heteroatoms. The van der Waals surface area contributed by atoms with Gasteiger partial charge >= 0.3 is 0 Å². The van der Waals surface area contributed by atoms with Crippen LogP contribution in [0, 0.1) is 0 Å². The molecule has 134 valence electrons. The normalized spacial score (nSPS) is 17.1. The second-order valence-corrected chi connectivity index (χ2v) is 6.61. The van der Waals surface area contributed by atoms with Gasteiger partial charge in [-0.05, 0) is 37.5 Å². The minimum absolute atomic E-state index is 0.475. The van der Waals surface area contributed by atoms with Gasteiger partial charge in [0.05, 0.1) is 14.2 Å². The number of nitrogens with zero attached hydrogens (tertiary/aromatic N) is 1. The number of hydrogen-bond donors (Lipinski definition) is 1. The minimum Gasteiger partial charge on any atom is -0.493 e. The maximum atomic E-state index is 5.39. The zero-order valence-electron chi connectivity index (χ0n) is 15.4. The van der Waals surface area contributed by atoms with Crippen LogP contribution in [0.25, 0.3) is 0 Å². The Hall–Kier alpha value is -2.20. The van der Waals surface area contributed by atoms with E-state index < -0.39 is 0 Å². The summed E-state index contributed by atoms with van der Waals surface area (Å²) in [6, 6.07) is 17.8. The van der Waals surface area contributed by atoms with Crippen LogP contribution in [-0.2, 0) is 0 Å². The van der Waals surface area contributed by atoms with Gasteiger partial charge in [-0.2, -0.15) is 0 Å². The molecule has 0 aromatic heterocycles. The summed E-state index contributed by atoms with van der Waals surface area (Å²) >= 11 is 0. The van der Waals surface area contributed by atoms with Gasteiger partial charge in [0.25, 0.3) is 0 Å². The number of hydrogen-bond acceptors (Lipinski definition) is 4. The molecule has 1 aliphatic rings. The van der Waals surface area contributed by atoms with Crippen LogP contribution < -0.4 is 14.8 Å². The summed E-state index contributed by atoms with van der Waals surface area (Å²) in [5, 5.41) is 3.64. The van der Waals surface area contributed by atoms with Crippen LogP contribution in [0.1, 0.15) is 31.4 Å². The Morgan fingerprint density at radius 1 is 0.960 bits per heavy atom. The number of nitrogens with one attached hydrogen (secondary N) is 1. The molecule has 0 spiro atoms. The first-order valence-corrected chi connectivity index (χ1v) is 8.99. The summed E-state index contributed by atoms with van der Waals surface area (Å²) in [4.78, 5) is 2.57. The van der Waals surface area contributed by atoms with Crippen molar-refractivity contribution in [2.24, 2.45) is 0 Å². The van der Waals surface area contributed by atoms with Gasteiger partial charge in [0.15, 0.2) is 11.5 Å². The fraction of sp³-hybridized carbons (Fsp3) is 0.429. The van der Waals surface area contributed by atoms with Crippen LogP contribution in [0.5, 0.6) is 11.5 Å². The van der Waals surface area contributed by atoms with Crippen LogP contribution in [0.2, 0.25) is 0 Å². The fourth-order valence-corrected chi connectivity index (χ4v) is 3.54. The van der Waals surface area contributed by atoms with Crippen LogP contribution in [0.4, 0.5) is 5.69 Å². The minimum atomic E-state index is 0.475. The molecule has 1 unspecified atom stereocenters. The van der Waals surface area contributed by atoms with E-state index in [4.69, 9.17) is 9.47 Å². The molecule has 1 N–H and O–H groups in total. The second kappa shape index (κ2) is 8.26. The lowest BCUT2D eigenvalue weighted by Gasteiger charge is -2.36. The van der Waals surface area contributed by atoms with Crippen molar-refractivity contribution < 1.29 is 9.47 Å². The Morgan fingerprint density at radius 2 is 1.64 bits per heavy atom. The number of anilines is 1. The van der Waals surface area contributed by atoms with Gasteiger partial charge in [-0.15, -0.1) is 0 Å². The lowest BCUT2D eigenvalue weighted by Crippen LogP contribution is -2.40. The summed E-state index contributed by atoms with van der Waals surface area (Å²) in [7, 11) is 3.33. The third kappa shape index (κ3) is 4.26. The first kappa shape index (κ1) is 17.6.